The monoisotopic (exact) mass is 355 g/mol. The summed E-state index contributed by atoms with van der Waals surface area (Å²) in [4.78, 5) is 16.6. The number of carbonyl (C=O) groups is 1. The van der Waals surface area contributed by atoms with E-state index in [9.17, 15) is 4.79 Å². The highest BCUT2D eigenvalue weighted by Crippen LogP contribution is 2.12. The molecule has 0 aliphatic carbocycles. The smallest absolute Gasteiger partial charge is 0.271 e. The van der Waals surface area contributed by atoms with Gasteiger partial charge < -0.3 is 9.88 Å². The Morgan fingerprint density at radius 1 is 1.24 bits per heavy atom. The predicted molar refractivity (Wildman–Crippen MR) is 97.4 cm³/mol. The Hall–Kier alpha value is -2.54. The van der Waals surface area contributed by atoms with Crippen LogP contribution in [0.15, 0.2) is 42.0 Å². The molecule has 1 aromatic carbocycles. The topological polar surface area (TPSA) is 72.7 Å². The highest BCUT2D eigenvalue weighted by atomic mass is 32.1. The molecule has 0 fully saturated rings. The third kappa shape index (κ3) is 4.73. The summed E-state index contributed by atoms with van der Waals surface area (Å²) >= 11 is 1.53. The minimum Gasteiger partial charge on any atom is -0.343 e. The van der Waals surface area contributed by atoms with Crippen molar-refractivity contribution >= 4 is 17.2 Å². The van der Waals surface area contributed by atoms with E-state index < -0.39 is 0 Å². The van der Waals surface area contributed by atoms with E-state index in [4.69, 9.17) is 0 Å². The molecule has 0 bridgehead atoms. The Bertz CT molecular complexity index is 812. The SMILES string of the molecule is CCCc1nc(C(=O)NCc2nncn2CCc2ccccc2)cs1. The molecule has 0 unspecified atom stereocenters. The summed E-state index contributed by atoms with van der Waals surface area (Å²) in [5, 5.41) is 13.8. The van der Waals surface area contributed by atoms with E-state index in [0.717, 1.165) is 36.6 Å². The fraction of sp³-hybridized carbons (Fsp3) is 0.333. The third-order valence-electron chi connectivity index (χ3n) is 3.84. The number of carbonyl (C=O) groups excluding carboxylic acids is 1. The average molecular weight is 355 g/mol. The number of benzene rings is 1. The van der Waals surface area contributed by atoms with Gasteiger partial charge in [-0.1, -0.05) is 37.3 Å². The molecule has 3 rings (SSSR count). The van der Waals surface area contributed by atoms with E-state index in [-0.39, 0.29) is 5.91 Å². The van der Waals surface area contributed by atoms with E-state index >= 15 is 0 Å². The van der Waals surface area contributed by atoms with Crippen LogP contribution in [0, 0.1) is 0 Å². The van der Waals surface area contributed by atoms with Crippen molar-refractivity contribution in [3.63, 3.8) is 0 Å². The molecule has 0 aliphatic rings. The van der Waals surface area contributed by atoms with Crippen LogP contribution in [-0.2, 0) is 25.9 Å². The molecule has 25 heavy (non-hydrogen) atoms. The molecule has 2 aromatic heterocycles. The van der Waals surface area contributed by atoms with Crippen LogP contribution in [0.3, 0.4) is 0 Å². The second-order valence-electron chi connectivity index (χ2n) is 5.74. The van der Waals surface area contributed by atoms with Crippen molar-refractivity contribution in [2.24, 2.45) is 0 Å². The van der Waals surface area contributed by atoms with Gasteiger partial charge in [-0.3, -0.25) is 4.79 Å². The van der Waals surface area contributed by atoms with Crippen LogP contribution in [0.1, 0.15) is 40.2 Å². The normalized spacial score (nSPS) is 10.8. The van der Waals surface area contributed by atoms with E-state index in [1.165, 1.54) is 16.9 Å². The first-order valence-corrected chi connectivity index (χ1v) is 9.27. The van der Waals surface area contributed by atoms with Gasteiger partial charge in [0, 0.05) is 11.9 Å². The fourth-order valence-electron chi connectivity index (χ4n) is 2.49. The Morgan fingerprint density at radius 3 is 2.88 bits per heavy atom. The second-order valence-corrected chi connectivity index (χ2v) is 6.68. The number of amides is 1. The Kier molecular flexibility index (Phi) is 5.90. The summed E-state index contributed by atoms with van der Waals surface area (Å²) in [7, 11) is 0. The van der Waals surface area contributed by atoms with Crippen LogP contribution < -0.4 is 5.32 Å². The minimum atomic E-state index is -0.170. The van der Waals surface area contributed by atoms with Crippen molar-refractivity contribution in [2.45, 2.75) is 39.3 Å². The summed E-state index contributed by atoms with van der Waals surface area (Å²) in [6, 6.07) is 10.3. The molecule has 0 aliphatic heterocycles. The van der Waals surface area contributed by atoms with Crippen molar-refractivity contribution in [3.05, 3.63) is 64.1 Å². The van der Waals surface area contributed by atoms with Gasteiger partial charge in [-0.2, -0.15) is 0 Å². The van der Waals surface area contributed by atoms with Gasteiger partial charge in [0.15, 0.2) is 5.82 Å². The first kappa shape index (κ1) is 17.3. The number of nitrogens with zero attached hydrogens (tertiary/aromatic N) is 4. The predicted octanol–water partition coefficient (Wildman–Crippen LogP) is 2.86. The van der Waals surface area contributed by atoms with Crippen molar-refractivity contribution in [3.8, 4) is 0 Å². The van der Waals surface area contributed by atoms with E-state index in [2.05, 4.69) is 39.6 Å². The zero-order valence-corrected chi connectivity index (χ0v) is 15.0. The molecule has 6 nitrogen and oxygen atoms in total. The van der Waals surface area contributed by atoms with E-state index in [1.807, 2.05) is 22.8 Å². The molecule has 0 saturated heterocycles. The van der Waals surface area contributed by atoms with Gasteiger partial charge in [0.25, 0.3) is 5.91 Å². The van der Waals surface area contributed by atoms with Crippen LogP contribution in [0.2, 0.25) is 0 Å². The highest BCUT2D eigenvalue weighted by Gasteiger charge is 2.12. The molecule has 130 valence electrons. The lowest BCUT2D eigenvalue weighted by atomic mass is 10.1. The molecule has 7 heteroatoms. The van der Waals surface area contributed by atoms with Gasteiger partial charge in [0.05, 0.1) is 11.6 Å². The van der Waals surface area contributed by atoms with Crippen molar-refractivity contribution in [2.75, 3.05) is 0 Å². The zero-order valence-electron chi connectivity index (χ0n) is 14.2. The standard InChI is InChI=1S/C18H21N5OS/c1-2-6-17-21-15(12-25-17)18(24)19-11-16-22-20-13-23(16)10-9-14-7-4-3-5-8-14/h3-5,7-8,12-13H,2,6,9-11H2,1H3,(H,19,24). The van der Waals surface area contributed by atoms with Crippen molar-refractivity contribution in [1.82, 2.24) is 25.1 Å². The first-order valence-electron chi connectivity index (χ1n) is 8.39. The minimum absolute atomic E-state index is 0.170. The lowest BCUT2D eigenvalue weighted by Gasteiger charge is -2.07. The van der Waals surface area contributed by atoms with Gasteiger partial charge in [-0.15, -0.1) is 21.5 Å². The van der Waals surface area contributed by atoms with Gasteiger partial charge in [-0.05, 0) is 24.8 Å². The molecule has 0 saturated carbocycles. The quantitative estimate of drug-likeness (QED) is 0.674. The lowest BCUT2D eigenvalue weighted by Crippen LogP contribution is -2.25. The maximum absolute atomic E-state index is 12.2. The Balaban J connectivity index is 1.54. The van der Waals surface area contributed by atoms with Crippen molar-refractivity contribution < 1.29 is 4.79 Å². The molecule has 0 atom stereocenters. The Morgan fingerprint density at radius 2 is 2.08 bits per heavy atom. The number of nitrogens with one attached hydrogen (secondary N) is 1. The molecule has 0 radical (unpaired) electrons. The largest absolute Gasteiger partial charge is 0.343 e. The van der Waals surface area contributed by atoms with Crippen molar-refractivity contribution in [1.29, 1.82) is 0 Å². The fourth-order valence-corrected chi connectivity index (χ4v) is 3.37. The summed E-state index contributed by atoms with van der Waals surface area (Å²) in [5.74, 6) is 0.574. The number of hydrogen-bond donors (Lipinski definition) is 1. The summed E-state index contributed by atoms with van der Waals surface area (Å²) in [5.41, 5.74) is 1.74. The molecule has 2 heterocycles. The molecular weight excluding hydrogens is 334 g/mol. The molecule has 1 amide bonds. The van der Waals surface area contributed by atoms with Crippen LogP contribution in [-0.4, -0.2) is 25.7 Å². The molecular formula is C18H21N5OS. The second kappa shape index (κ2) is 8.53. The van der Waals surface area contributed by atoms with Gasteiger partial charge >= 0.3 is 0 Å². The highest BCUT2D eigenvalue weighted by molar-refractivity contribution is 7.09. The van der Waals surface area contributed by atoms with Crippen LogP contribution in [0.25, 0.3) is 0 Å². The zero-order chi connectivity index (χ0) is 17.5. The number of thiazole rings is 1. The Labute approximate surface area is 150 Å². The number of aryl methyl sites for hydroxylation is 3. The van der Waals surface area contributed by atoms with Crippen LogP contribution >= 0.6 is 11.3 Å². The maximum atomic E-state index is 12.2. The van der Waals surface area contributed by atoms with Gasteiger partial charge in [0.2, 0.25) is 0 Å². The van der Waals surface area contributed by atoms with Crippen LogP contribution in [0.5, 0.6) is 0 Å². The molecule has 0 spiro atoms. The van der Waals surface area contributed by atoms with E-state index in [0.29, 0.717) is 12.2 Å². The van der Waals surface area contributed by atoms with E-state index in [1.54, 1.807) is 11.7 Å². The third-order valence-corrected chi connectivity index (χ3v) is 4.74. The number of hydrogen-bond acceptors (Lipinski definition) is 5. The van der Waals surface area contributed by atoms with Gasteiger partial charge in [0.1, 0.15) is 12.0 Å². The lowest BCUT2D eigenvalue weighted by molar-refractivity contribution is 0.0945. The summed E-state index contributed by atoms with van der Waals surface area (Å²) < 4.78 is 1.97. The summed E-state index contributed by atoms with van der Waals surface area (Å²) in [6.07, 6.45) is 4.53. The maximum Gasteiger partial charge on any atom is 0.271 e. The molecule has 1 N–H and O–H groups in total. The number of aromatic nitrogens is 4. The first-order chi connectivity index (χ1) is 12.3. The average Bonchev–Trinajstić information content (AvgIpc) is 3.28. The van der Waals surface area contributed by atoms with Crippen LogP contribution in [0.4, 0.5) is 0 Å². The van der Waals surface area contributed by atoms with Gasteiger partial charge in [-0.25, -0.2) is 4.98 Å². The number of rotatable bonds is 8. The molecule has 3 aromatic rings. The summed E-state index contributed by atoms with van der Waals surface area (Å²) in [6.45, 7) is 3.22.